The van der Waals surface area contributed by atoms with E-state index in [1.54, 1.807) is 29.7 Å². The number of fused-ring (bicyclic) bond motifs is 2. The van der Waals surface area contributed by atoms with Gasteiger partial charge in [-0.05, 0) is 35.9 Å². The molecule has 28 heavy (non-hydrogen) atoms. The number of rotatable bonds is 3. The van der Waals surface area contributed by atoms with E-state index in [1.807, 2.05) is 24.3 Å². The summed E-state index contributed by atoms with van der Waals surface area (Å²) in [5, 5.41) is 12.2. The number of carbonyl (C=O) groups is 1. The summed E-state index contributed by atoms with van der Waals surface area (Å²) in [6.45, 7) is 0. The maximum Gasteiger partial charge on any atom is 0.274 e. The summed E-state index contributed by atoms with van der Waals surface area (Å²) in [7, 11) is 1.46. The van der Waals surface area contributed by atoms with Crippen LogP contribution in [0.3, 0.4) is 0 Å². The Morgan fingerprint density at radius 2 is 1.93 bits per heavy atom. The lowest BCUT2D eigenvalue weighted by Gasteiger charge is -2.20. The lowest BCUT2D eigenvalue weighted by atomic mass is 9.96. The van der Waals surface area contributed by atoms with E-state index in [2.05, 4.69) is 5.32 Å². The zero-order chi connectivity index (χ0) is 19.7. The van der Waals surface area contributed by atoms with Gasteiger partial charge in [0.25, 0.3) is 5.91 Å². The van der Waals surface area contributed by atoms with E-state index in [9.17, 15) is 9.18 Å². The first-order chi connectivity index (χ1) is 13.6. The Bertz CT molecular complexity index is 1040. The van der Waals surface area contributed by atoms with Crippen LogP contribution in [0.1, 0.15) is 27.5 Å². The topological polar surface area (TPSA) is 79.8 Å². The standard InChI is InChI=1S/C21H17FN2O4/c1-27-18-11-14(22)10-15-19(12-6-8-13(9-7-12)21(25)24-26)23-16-4-2-3-5-17(16)28-20(15)18/h2-11,19,23,26H,1H3,(H,24,25). The van der Waals surface area contributed by atoms with Gasteiger partial charge in [0, 0.05) is 17.2 Å². The second kappa shape index (κ2) is 7.21. The van der Waals surface area contributed by atoms with Crippen molar-refractivity contribution in [2.45, 2.75) is 6.04 Å². The van der Waals surface area contributed by atoms with Gasteiger partial charge in [0.05, 0.1) is 18.8 Å². The Labute approximate surface area is 160 Å². The molecule has 0 aromatic heterocycles. The Morgan fingerprint density at radius 3 is 2.64 bits per heavy atom. The third kappa shape index (κ3) is 3.12. The molecule has 0 radical (unpaired) electrons. The average Bonchev–Trinajstić information content (AvgIpc) is 2.89. The van der Waals surface area contributed by atoms with Crippen molar-refractivity contribution in [2.75, 3.05) is 12.4 Å². The molecule has 0 saturated carbocycles. The van der Waals surface area contributed by atoms with Crippen molar-refractivity contribution in [3.05, 3.63) is 83.2 Å². The molecule has 0 bridgehead atoms. The molecule has 0 fully saturated rings. The molecule has 4 rings (SSSR count). The predicted molar refractivity (Wildman–Crippen MR) is 101 cm³/mol. The zero-order valence-electron chi connectivity index (χ0n) is 14.9. The normalized spacial score (nSPS) is 14.6. The Morgan fingerprint density at radius 1 is 1.18 bits per heavy atom. The van der Waals surface area contributed by atoms with Gasteiger partial charge in [-0.25, -0.2) is 9.87 Å². The Kier molecular flexibility index (Phi) is 4.58. The third-order valence-electron chi connectivity index (χ3n) is 4.59. The minimum Gasteiger partial charge on any atom is -0.493 e. The highest BCUT2D eigenvalue weighted by molar-refractivity contribution is 5.93. The van der Waals surface area contributed by atoms with Crippen LogP contribution in [0.15, 0.2) is 60.7 Å². The Balaban J connectivity index is 1.87. The smallest absolute Gasteiger partial charge is 0.274 e. The molecule has 1 amide bonds. The van der Waals surface area contributed by atoms with Crippen molar-refractivity contribution in [1.82, 2.24) is 5.48 Å². The van der Waals surface area contributed by atoms with Crippen LogP contribution in [0.25, 0.3) is 0 Å². The fourth-order valence-electron chi connectivity index (χ4n) is 3.24. The number of hydroxylamine groups is 1. The van der Waals surface area contributed by atoms with Gasteiger partial charge < -0.3 is 14.8 Å². The van der Waals surface area contributed by atoms with Crippen LogP contribution in [-0.4, -0.2) is 18.2 Å². The second-order valence-electron chi connectivity index (χ2n) is 6.26. The lowest BCUT2D eigenvalue weighted by Crippen LogP contribution is -2.19. The van der Waals surface area contributed by atoms with Crippen LogP contribution >= 0.6 is 0 Å². The molecule has 1 aliphatic rings. The zero-order valence-corrected chi connectivity index (χ0v) is 14.9. The van der Waals surface area contributed by atoms with Crippen LogP contribution in [0, 0.1) is 5.82 Å². The number of ether oxygens (including phenoxy) is 2. The number of hydrogen-bond acceptors (Lipinski definition) is 5. The molecule has 6 nitrogen and oxygen atoms in total. The number of hydrogen-bond donors (Lipinski definition) is 3. The molecule has 7 heteroatoms. The largest absolute Gasteiger partial charge is 0.493 e. The van der Waals surface area contributed by atoms with Gasteiger partial charge in [-0.15, -0.1) is 0 Å². The van der Waals surface area contributed by atoms with Gasteiger partial charge in [-0.1, -0.05) is 24.3 Å². The molecule has 3 aromatic carbocycles. The molecule has 1 heterocycles. The number of amides is 1. The summed E-state index contributed by atoms with van der Waals surface area (Å²) in [5.41, 5.74) is 3.98. The number of halogens is 1. The molecule has 3 N–H and O–H groups in total. The van der Waals surface area contributed by atoms with Crippen LogP contribution in [0.2, 0.25) is 0 Å². The number of benzene rings is 3. The van der Waals surface area contributed by atoms with Crippen LogP contribution in [-0.2, 0) is 0 Å². The third-order valence-corrected chi connectivity index (χ3v) is 4.59. The number of nitrogens with one attached hydrogen (secondary N) is 2. The van der Waals surface area contributed by atoms with E-state index < -0.39 is 17.8 Å². The second-order valence-corrected chi connectivity index (χ2v) is 6.26. The van der Waals surface area contributed by atoms with E-state index in [0.29, 0.717) is 22.6 Å². The fraction of sp³-hybridized carbons (Fsp3) is 0.0952. The van der Waals surface area contributed by atoms with Gasteiger partial charge in [0.1, 0.15) is 5.82 Å². The monoisotopic (exact) mass is 380 g/mol. The van der Waals surface area contributed by atoms with E-state index in [4.69, 9.17) is 14.7 Å². The molecule has 0 aliphatic carbocycles. The molecule has 1 aliphatic heterocycles. The van der Waals surface area contributed by atoms with E-state index >= 15 is 0 Å². The quantitative estimate of drug-likeness (QED) is 0.467. The molecule has 0 saturated heterocycles. The molecular formula is C21H17FN2O4. The van der Waals surface area contributed by atoms with Crippen LogP contribution in [0.4, 0.5) is 10.1 Å². The maximum absolute atomic E-state index is 14.3. The van der Waals surface area contributed by atoms with Crippen LogP contribution < -0.4 is 20.3 Å². The van der Waals surface area contributed by atoms with E-state index in [1.165, 1.54) is 19.2 Å². The van der Waals surface area contributed by atoms with Gasteiger partial charge in [0.2, 0.25) is 0 Å². The predicted octanol–water partition coefficient (Wildman–Crippen LogP) is 4.26. The highest BCUT2D eigenvalue weighted by Gasteiger charge is 2.28. The minimum absolute atomic E-state index is 0.287. The van der Waals surface area contributed by atoms with Crippen molar-refractivity contribution in [2.24, 2.45) is 0 Å². The van der Waals surface area contributed by atoms with E-state index in [-0.39, 0.29) is 5.75 Å². The molecule has 1 atom stereocenters. The fourth-order valence-corrected chi connectivity index (χ4v) is 3.24. The number of methoxy groups -OCH3 is 1. The van der Waals surface area contributed by atoms with Crippen molar-refractivity contribution >= 4 is 11.6 Å². The summed E-state index contributed by atoms with van der Waals surface area (Å²) >= 11 is 0. The van der Waals surface area contributed by atoms with Gasteiger partial charge in [0.15, 0.2) is 17.2 Å². The van der Waals surface area contributed by atoms with E-state index in [0.717, 1.165) is 11.3 Å². The first-order valence-electron chi connectivity index (χ1n) is 8.56. The SMILES string of the molecule is COc1cc(F)cc2c1Oc1ccccc1NC2c1ccc(C(=O)NO)cc1. The molecule has 0 spiro atoms. The Hall–Kier alpha value is -3.58. The van der Waals surface area contributed by atoms with Crippen LogP contribution in [0.5, 0.6) is 17.2 Å². The van der Waals surface area contributed by atoms with Gasteiger partial charge >= 0.3 is 0 Å². The maximum atomic E-state index is 14.3. The first-order valence-corrected chi connectivity index (χ1v) is 8.56. The average molecular weight is 380 g/mol. The lowest BCUT2D eigenvalue weighted by molar-refractivity contribution is 0.0706. The first kappa shape index (κ1) is 17.8. The van der Waals surface area contributed by atoms with Gasteiger partial charge in [-0.3, -0.25) is 10.0 Å². The summed E-state index contributed by atoms with van der Waals surface area (Å²) < 4.78 is 25.7. The summed E-state index contributed by atoms with van der Waals surface area (Å²) in [6.07, 6.45) is 0. The minimum atomic E-state index is -0.609. The van der Waals surface area contributed by atoms with Crippen molar-refractivity contribution < 1.29 is 23.9 Å². The number of carbonyl (C=O) groups excluding carboxylic acids is 1. The van der Waals surface area contributed by atoms with Crippen molar-refractivity contribution in [1.29, 1.82) is 0 Å². The van der Waals surface area contributed by atoms with Crippen molar-refractivity contribution in [3.63, 3.8) is 0 Å². The molecular weight excluding hydrogens is 363 g/mol. The summed E-state index contributed by atoms with van der Waals surface area (Å²) in [6, 6.07) is 16.2. The molecule has 1 unspecified atom stereocenters. The highest BCUT2D eigenvalue weighted by Crippen LogP contribution is 2.46. The molecule has 142 valence electrons. The number of para-hydroxylation sites is 2. The van der Waals surface area contributed by atoms with Crippen molar-refractivity contribution in [3.8, 4) is 17.2 Å². The summed E-state index contributed by atoms with van der Waals surface area (Å²) in [5.74, 6) is 0.237. The summed E-state index contributed by atoms with van der Waals surface area (Å²) in [4.78, 5) is 11.6. The van der Waals surface area contributed by atoms with Gasteiger partial charge in [-0.2, -0.15) is 0 Å². The molecule has 3 aromatic rings. The number of anilines is 1. The highest BCUT2D eigenvalue weighted by atomic mass is 19.1.